The molecule has 1 aromatic rings. The standard InChI is InChI=1S/C13H23N3O2S/c1-5-14-19(17,18)13-11-8-6-7-10(4)16(11)12(15-13)9(2)3/h9-10,14H,5-8H2,1-4H3. The average Bonchev–Trinajstić information content (AvgIpc) is 2.70. The summed E-state index contributed by atoms with van der Waals surface area (Å²) in [6.45, 7) is 8.42. The van der Waals surface area contributed by atoms with Crippen LogP contribution in [0.1, 0.15) is 64.0 Å². The molecule has 19 heavy (non-hydrogen) atoms. The van der Waals surface area contributed by atoms with Crippen molar-refractivity contribution in [1.29, 1.82) is 0 Å². The van der Waals surface area contributed by atoms with E-state index in [0.717, 1.165) is 30.8 Å². The van der Waals surface area contributed by atoms with Gasteiger partial charge in [-0.2, -0.15) is 0 Å². The van der Waals surface area contributed by atoms with Gasteiger partial charge in [0.05, 0.1) is 5.69 Å². The number of nitrogens with one attached hydrogen (secondary N) is 1. The third-order valence-electron chi connectivity index (χ3n) is 3.58. The van der Waals surface area contributed by atoms with E-state index in [0.29, 0.717) is 12.6 Å². The van der Waals surface area contributed by atoms with Crippen LogP contribution in [0.4, 0.5) is 0 Å². The summed E-state index contributed by atoms with van der Waals surface area (Å²) in [6.07, 6.45) is 2.91. The molecule has 1 aliphatic rings. The van der Waals surface area contributed by atoms with Gasteiger partial charge in [-0.15, -0.1) is 0 Å². The van der Waals surface area contributed by atoms with Crippen LogP contribution in [0.2, 0.25) is 0 Å². The second-order valence-corrected chi connectivity index (χ2v) is 7.17. The summed E-state index contributed by atoms with van der Waals surface area (Å²) in [5.74, 6) is 1.11. The molecule has 0 saturated heterocycles. The molecule has 6 heteroatoms. The summed E-state index contributed by atoms with van der Waals surface area (Å²) in [6, 6.07) is 0.333. The highest BCUT2D eigenvalue weighted by Crippen LogP contribution is 2.33. The van der Waals surface area contributed by atoms with Crippen molar-refractivity contribution in [1.82, 2.24) is 14.3 Å². The van der Waals surface area contributed by atoms with Crippen LogP contribution in [0.15, 0.2) is 5.03 Å². The molecule has 2 heterocycles. The Bertz CT molecular complexity index is 561. The molecular weight excluding hydrogens is 262 g/mol. The summed E-state index contributed by atoms with van der Waals surface area (Å²) in [5.41, 5.74) is 0.878. The molecule has 1 aliphatic heterocycles. The first kappa shape index (κ1) is 14.5. The monoisotopic (exact) mass is 285 g/mol. The number of fused-ring (bicyclic) bond motifs is 1. The highest BCUT2D eigenvalue weighted by molar-refractivity contribution is 7.89. The molecule has 0 aliphatic carbocycles. The van der Waals surface area contributed by atoms with Crippen molar-refractivity contribution >= 4 is 10.0 Å². The summed E-state index contributed by atoms with van der Waals surface area (Å²) in [7, 11) is -3.47. The maximum atomic E-state index is 12.3. The maximum Gasteiger partial charge on any atom is 0.259 e. The van der Waals surface area contributed by atoms with E-state index in [1.54, 1.807) is 6.92 Å². The van der Waals surface area contributed by atoms with Crippen LogP contribution < -0.4 is 4.72 Å². The van der Waals surface area contributed by atoms with Crippen LogP contribution in [-0.2, 0) is 16.4 Å². The van der Waals surface area contributed by atoms with E-state index in [4.69, 9.17) is 0 Å². The molecule has 0 saturated carbocycles. The van der Waals surface area contributed by atoms with E-state index >= 15 is 0 Å². The zero-order chi connectivity index (χ0) is 14.2. The number of aromatic nitrogens is 2. The summed E-state index contributed by atoms with van der Waals surface area (Å²) >= 11 is 0. The highest BCUT2D eigenvalue weighted by atomic mass is 32.2. The molecule has 0 amide bonds. The zero-order valence-electron chi connectivity index (χ0n) is 12.1. The lowest BCUT2D eigenvalue weighted by atomic mass is 10.0. The maximum absolute atomic E-state index is 12.3. The third-order valence-corrected chi connectivity index (χ3v) is 5.09. The molecule has 1 N–H and O–H groups in total. The highest BCUT2D eigenvalue weighted by Gasteiger charge is 2.31. The van der Waals surface area contributed by atoms with E-state index in [9.17, 15) is 8.42 Å². The van der Waals surface area contributed by atoms with Gasteiger partial charge in [-0.25, -0.2) is 18.1 Å². The first-order valence-corrected chi connectivity index (χ1v) is 8.47. The Morgan fingerprint density at radius 1 is 1.47 bits per heavy atom. The molecule has 0 fully saturated rings. The van der Waals surface area contributed by atoms with E-state index in [-0.39, 0.29) is 10.9 Å². The third kappa shape index (κ3) is 2.56. The SMILES string of the molecule is CCNS(=O)(=O)c1nc(C(C)C)n2c1CCCC2C. The van der Waals surface area contributed by atoms with Crippen LogP contribution in [0.3, 0.4) is 0 Å². The van der Waals surface area contributed by atoms with Gasteiger partial charge in [0.2, 0.25) is 0 Å². The molecule has 0 bridgehead atoms. The molecule has 108 valence electrons. The van der Waals surface area contributed by atoms with Crippen molar-refractivity contribution in [3.8, 4) is 0 Å². The molecule has 1 aromatic heterocycles. The number of imidazole rings is 1. The van der Waals surface area contributed by atoms with Gasteiger partial charge in [0.25, 0.3) is 10.0 Å². The number of sulfonamides is 1. The molecule has 2 rings (SSSR count). The van der Waals surface area contributed by atoms with Gasteiger partial charge in [-0.1, -0.05) is 20.8 Å². The van der Waals surface area contributed by atoms with E-state index in [1.165, 1.54) is 0 Å². The fourth-order valence-corrected chi connectivity index (χ4v) is 4.00. The molecule has 5 nitrogen and oxygen atoms in total. The quantitative estimate of drug-likeness (QED) is 0.922. The summed E-state index contributed by atoms with van der Waals surface area (Å²) < 4.78 is 29.2. The van der Waals surface area contributed by atoms with Crippen molar-refractivity contribution in [2.75, 3.05) is 6.54 Å². The minimum Gasteiger partial charge on any atom is -0.328 e. The van der Waals surface area contributed by atoms with Gasteiger partial charge in [0, 0.05) is 18.5 Å². The Balaban J connectivity index is 2.61. The van der Waals surface area contributed by atoms with Crippen LogP contribution in [0.5, 0.6) is 0 Å². The number of nitrogens with zero attached hydrogens (tertiary/aromatic N) is 2. The lowest BCUT2D eigenvalue weighted by molar-refractivity contribution is 0.410. The van der Waals surface area contributed by atoms with Gasteiger partial charge in [0.1, 0.15) is 5.82 Å². The van der Waals surface area contributed by atoms with Gasteiger partial charge in [-0.3, -0.25) is 0 Å². The van der Waals surface area contributed by atoms with Crippen LogP contribution in [0.25, 0.3) is 0 Å². The Kier molecular flexibility index (Phi) is 4.01. The van der Waals surface area contributed by atoms with Crippen LogP contribution in [0, 0.1) is 0 Å². The van der Waals surface area contributed by atoms with Crippen molar-refractivity contribution in [2.45, 2.75) is 63.9 Å². The number of hydrogen-bond acceptors (Lipinski definition) is 3. The predicted molar refractivity (Wildman–Crippen MR) is 74.8 cm³/mol. The van der Waals surface area contributed by atoms with Crippen LogP contribution in [-0.4, -0.2) is 24.5 Å². The molecule has 0 radical (unpaired) electrons. The molecule has 0 spiro atoms. The number of hydrogen-bond donors (Lipinski definition) is 1. The molecule has 0 aromatic carbocycles. The Labute approximate surface area is 115 Å². The average molecular weight is 285 g/mol. The topological polar surface area (TPSA) is 64.0 Å². The van der Waals surface area contributed by atoms with Gasteiger partial charge in [0.15, 0.2) is 5.03 Å². The Hall–Kier alpha value is -0.880. The zero-order valence-corrected chi connectivity index (χ0v) is 12.9. The van der Waals surface area contributed by atoms with Gasteiger partial charge in [-0.05, 0) is 26.2 Å². The number of rotatable bonds is 4. The minimum absolute atomic E-state index is 0.227. The Morgan fingerprint density at radius 2 is 2.16 bits per heavy atom. The van der Waals surface area contributed by atoms with Crippen molar-refractivity contribution < 1.29 is 8.42 Å². The minimum atomic E-state index is -3.47. The first-order valence-electron chi connectivity index (χ1n) is 6.99. The second-order valence-electron chi connectivity index (χ2n) is 5.49. The Morgan fingerprint density at radius 3 is 2.74 bits per heavy atom. The predicted octanol–water partition coefficient (Wildman–Crippen LogP) is 2.20. The summed E-state index contributed by atoms with van der Waals surface area (Å²) in [4.78, 5) is 4.44. The normalized spacial score (nSPS) is 19.7. The molecule has 1 atom stereocenters. The lowest BCUT2D eigenvalue weighted by Gasteiger charge is -2.25. The summed E-state index contributed by atoms with van der Waals surface area (Å²) in [5, 5.41) is 0.240. The van der Waals surface area contributed by atoms with Gasteiger partial charge < -0.3 is 4.57 Å². The van der Waals surface area contributed by atoms with Crippen molar-refractivity contribution in [2.24, 2.45) is 0 Å². The largest absolute Gasteiger partial charge is 0.328 e. The van der Waals surface area contributed by atoms with E-state index in [2.05, 4.69) is 35.0 Å². The molecular formula is C13H23N3O2S. The smallest absolute Gasteiger partial charge is 0.259 e. The fraction of sp³-hybridized carbons (Fsp3) is 0.769. The van der Waals surface area contributed by atoms with Crippen molar-refractivity contribution in [3.05, 3.63) is 11.5 Å². The van der Waals surface area contributed by atoms with Gasteiger partial charge >= 0.3 is 0 Å². The van der Waals surface area contributed by atoms with Crippen LogP contribution >= 0.6 is 0 Å². The first-order chi connectivity index (χ1) is 8.88. The van der Waals surface area contributed by atoms with Crippen molar-refractivity contribution in [3.63, 3.8) is 0 Å². The van der Waals surface area contributed by atoms with E-state index < -0.39 is 10.0 Å². The fourth-order valence-electron chi connectivity index (χ4n) is 2.76. The molecule has 1 unspecified atom stereocenters. The van der Waals surface area contributed by atoms with E-state index in [1.807, 2.05) is 0 Å². The lowest BCUT2D eigenvalue weighted by Crippen LogP contribution is -2.26. The second kappa shape index (κ2) is 5.25.